The molecule has 1 aliphatic heterocycles. The van der Waals surface area contributed by atoms with Crippen LogP contribution in [0.25, 0.3) is 0 Å². The van der Waals surface area contributed by atoms with Gasteiger partial charge in [0.2, 0.25) is 5.91 Å². The van der Waals surface area contributed by atoms with Gasteiger partial charge in [0.25, 0.3) is 0 Å². The first-order valence-corrected chi connectivity index (χ1v) is 8.44. The largest absolute Gasteiger partial charge is 0.307 e. The minimum Gasteiger partial charge on any atom is -0.307 e. The van der Waals surface area contributed by atoms with Gasteiger partial charge in [-0.1, -0.05) is 68.5 Å². The first-order chi connectivity index (χ1) is 12.0. The highest BCUT2D eigenvalue weighted by atomic mass is 16.2. The quantitative estimate of drug-likeness (QED) is 0.752. The van der Waals surface area contributed by atoms with Gasteiger partial charge in [0.15, 0.2) is 0 Å². The summed E-state index contributed by atoms with van der Waals surface area (Å²) in [7, 11) is 0. The molecule has 0 aliphatic carbocycles. The number of nitriles is 1. The number of carbonyl (C=O) groups is 1. The molecule has 0 saturated carbocycles. The van der Waals surface area contributed by atoms with Crippen LogP contribution in [0.3, 0.4) is 0 Å². The molecule has 126 valence electrons. The highest BCUT2D eigenvalue weighted by molar-refractivity contribution is 6.09. The molecule has 0 bridgehead atoms. The topological polar surface area (TPSA) is 44.1 Å². The van der Waals surface area contributed by atoms with Crippen molar-refractivity contribution in [2.45, 2.75) is 32.2 Å². The van der Waals surface area contributed by atoms with E-state index in [1.165, 1.54) is 0 Å². The fourth-order valence-electron chi connectivity index (χ4n) is 3.76. The molecule has 0 radical (unpaired) electrons. The molecule has 0 aromatic heterocycles. The molecule has 3 heteroatoms. The lowest BCUT2D eigenvalue weighted by molar-refractivity contribution is -0.126. The molecule has 1 heterocycles. The predicted molar refractivity (Wildman–Crippen MR) is 100.0 cm³/mol. The third kappa shape index (κ3) is 2.46. The Hall–Kier alpha value is -2.86. The van der Waals surface area contributed by atoms with Crippen molar-refractivity contribution in [1.29, 1.82) is 5.26 Å². The van der Waals surface area contributed by atoms with Gasteiger partial charge in [0.1, 0.15) is 0 Å². The van der Waals surface area contributed by atoms with Crippen molar-refractivity contribution in [2.24, 2.45) is 5.41 Å². The molecule has 0 fully saturated rings. The number of carbonyl (C=O) groups excluding carboxylic acids is 1. The summed E-state index contributed by atoms with van der Waals surface area (Å²) in [6, 6.07) is 20.0. The monoisotopic (exact) mass is 330 g/mol. The van der Waals surface area contributed by atoms with Crippen LogP contribution in [0, 0.1) is 16.7 Å². The van der Waals surface area contributed by atoms with Crippen LogP contribution in [0.1, 0.15) is 31.4 Å². The molecule has 2 aromatic carbocycles. The highest BCUT2D eigenvalue weighted by Crippen LogP contribution is 2.54. The zero-order valence-corrected chi connectivity index (χ0v) is 14.7. The first-order valence-electron chi connectivity index (χ1n) is 8.44. The Bertz CT molecular complexity index is 848. The molecule has 0 spiro atoms. The number of hydrogen-bond donors (Lipinski definition) is 0. The number of benzene rings is 2. The van der Waals surface area contributed by atoms with Crippen LogP contribution in [0.4, 0.5) is 5.69 Å². The summed E-state index contributed by atoms with van der Waals surface area (Å²) < 4.78 is 0. The van der Waals surface area contributed by atoms with E-state index in [-0.39, 0.29) is 12.3 Å². The summed E-state index contributed by atoms with van der Waals surface area (Å²) in [5.74, 6) is -0.0241. The summed E-state index contributed by atoms with van der Waals surface area (Å²) in [4.78, 5) is 15.4. The van der Waals surface area contributed by atoms with Gasteiger partial charge in [0.05, 0.1) is 24.4 Å². The number of amides is 1. The molecule has 2 aromatic rings. The third-order valence-electron chi connectivity index (χ3n) is 5.40. The molecule has 3 rings (SSSR count). The minimum absolute atomic E-state index is 0.0241. The number of hydrogen-bond acceptors (Lipinski definition) is 2. The van der Waals surface area contributed by atoms with Crippen LogP contribution in [0.5, 0.6) is 0 Å². The molecule has 3 nitrogen and oxygen atoms in total. The SMILES string of the molecule is C=CC(C)(C)[C@]1(CC#N)C(=O)N(Cc2ccccc2)c2ccccc21. The molecule has 0 N–H and O–H groups in total. The molecule has 0 saturated heterocycles. The van der Waals surface area contributed by atoms with Gasteiger partial charge >= 0.3 is 0 Å². The third-order valence-corrected chi connectivity index (χ3v) is 5.40. The van der Waals surface area contributed by atoms with Crippen LogP contribution in [-0.2, 0) is 16.8 Å². The number of anilines is 1. The fourth-order valence-corrected chi connectivity index (χ4v) is 3.76. The van der Waals surface area contributed by atoms with Crippen LogP contribution in [0.15, 0.2) is 67.3 Å². The second kappa shape index (κ2) is 6.22. The van der Waals surface area contributed by atoms with Gasteiger partial charge in [-0.15, -0.1) is 6.58 Å². The molecule has 25 heavy (non-hydrogen) atoms. The van der Waals surface area contributed by atoms with Crippen molar-refractivity contribution >= 4 is 11.6 Å². The Labute approximate surface area is 149 Å². The van der Waals surface area contributed by atoms with E-state index in [0.717, 1.165) is 16.8 Å². The molecule has 1 atom stereocenters. The average molecular weight is 330 g/mol. The van der Waals surface area contributed by atoms with Gasteiger partial charge in [-0.05, 0) is 17.2 Å². The van der Waals surface area contributed by atoms with Crippen molar-refractivity contribution in [1.82, 2.24) is 0 Å². The summed E-state index contributed by atoms with van der Waals surface area (Å²) >= 11 is 0. The van der Waals surface area contributed by atoms with Crippen LogP contribution < -0.4 is 4.90 Å². The molecule has 1 amide bonds. The first kappa shape index (κ1) is 17.0. The zero-order valence-electron chi connectivity index (χ0n) is 14.7. The van der Waals surface area contributed by atoms with Crippen molar-refractivity contribution in [3.63, 3.8) is 0 Å². The Kier molecular flexibility index (Phi) is 4.22. The lowest BCUT2D eigenvalue weighted by atomic mass is 9.60. The van der Waals surface area contributed by atoms with Gasteiger partial charge in [-0.3, -0.25) is 4.79 Å². The van der Waals surface area contributed by atoms with Crippen LogP contribution in [-0.4, -0.2) is 5.91 Å². The van der Waals surface area contributed by atoms with E-state index in [1.807, 2.05) is 73.3 Å². The predicted octanol–water partition coefficient (Wildman–Crippen LogP) is 4.60. The smallest absolute Gasteiger partial charge is 0.239 e. The molecular formula is C22H22N2O. The Morgan fingerprint density at radius 2 is 1.80 bits per heavy atom. The summed E-state index contributed by atoms with van der Waals surface area (Å²) in [5.41, 5.74) is 1.43. The van der Waals surface area contributed by atoms with E-state index >= 15 is 0 Å². The Balaban J connectivity index is 2.18. The number of rotatable bonds is 5. The van der Waals surface area contributed by atoms with E-state index in [9.17, 15) is 10.1 Å². The van der Waals surface area contributed by atoms with Crippen molar-refractivity contribution in [2.75, 3.05) is 4.90 Å². The van der Waals surface area contributed by atoms with Crippen molar-refractivity contribution in [3.05, 3.63) is 78.4 Å². The van der Waals surface area contributed by atoms with Crippen LogP contribution >= 0.6 is 0 Å². The Morgan fingerprint density at radius 1 is 1.16 bits per heavy atom. The van der Waals surface area contributed by atoms with E-state index in [1.54, 1.807) is 6.08 Å². The number of nitrogens with zero attached hydrogens (tertiary/aromatic N) is 2. The van der Waals surface area contributed by atoms with Gasteiger partial charge in [-0.2, -0.15) is 5.26 Å². The molecule has 1 aliphatic rings. The van der Waals surface area contributed by atoms with Crippen molar-refractivity contribution < 1.29 is 4.79 Å². The van der Waals surface area contributed by atoms with Gasteiger partial charge < -0.3 is 4.90 Å². The lowest BCUT2D eigenvalue weighted by Crippen LogP contribution is -2.49. The van der Waals surface area contributed by atoms with Crippen molar-refractivity contribution in [3.8, 4) is 6.07 Å². The number of allylic oxidation sites excluding steroid dienone is 1. The highest BCUT2D eigenvalue weighted by Gasteiger charge is 2.58. The molecular weight excluding hydrogens is 308 g/mol. The maximum absolute atomic E-state index is 13.6. The summed E-state index contributed by atoms with van der Waals surface area (Å²) in [6.07, 6.45) is 1.93. The zero-order chi connectivity index (χ0) is 18.1. The molecule has 0 unspecified atom stereocenters. The maximum Gasteiger partial charge on any atom is 0.239 e. The standard InChI is InChI=1S/C22H22N2O/c1-4-21(2,3)22(14-15-23)18-12-8-9-13-19(18)24(20(22)25)16-17-10-6-5-7-11-17/h4-13H,1,14,16H2,2-3H3/t22-/m0/s1. The van der Waals surface area contributed by atoms with Gasteiger partial charge in [-0.25, -0.2) is 0 Å². The maximum atomic E-state index is 13.6. The van der Waals surface area contributed by atoms with E-state index < -0.39 is 10.8 Å². The fraction of sp³-hybridized carbons (Fsp3) is 0.273. The van der Waals surface area contributed by atoms with Gasteiger partial charge in [0, 0.05) is 11.1 Å². The second-order valence-corrected chi connectivity index (χ2v) is 7.06. The van der Waals surface area contributed by atoms with Crippen LogP contribution in [0.2, 0.25) is 0 Å². The average Bonchev–Trinajstić information content (AvgIpc) is 2.87. The summed E-state index contributed by atoms with van der Waals surface area (Å²) in [6.45, 7) is 8.41. The van der Waals surface area contributed by atoms with E-state index in [0.29, 0.717) is 6.54 Å². The minimum atomic E-state index is -0.908. The summed E-state index contributed by atoms with van der Waals surface area (Å²) in [5, 5.41) is 9.52. The van der Waals surface area contributed by atoms with E-state index in [2.05, 4.69) is 12.6 Å². The lowest BCUT2D eigenvalue weighted by Gasteiger charge is -2.39. The normalized spacial score (nSPS) is 19.4. The second-order valence-electron chi connectivity index (χ2n) is 7.06. The Morgan fingerprint density at radius 3 is 2.44 bits per heavy atom. The van der Waals surface area contributed by atoms with E-state index in [4.69, 9.17) is 0 Å². The number of fused-ring (bicyclic) bond motifs is 1. The number of para-hydroxylation sites is 1.